The van der Waals surface area contributed by atoms with Crippen molar-refractivity contribution in [2.75, 3.05) is 32.3 Å². The number of benzene rings is 2. The van der Waals surface area contributed by atoms with Crippen LogP contribution in [0.25, 0.3) is 0 Å². The summed E-state index contributed by atoms with van der Waals surface area (Å²) in [7, 11) is 2.85. The van der Waals surface area contributed by atoms with Gasteiger partial charge in [-0.3, -0.25) is 4.79 Å². The van der Waals surface area contributed by atoms with E-state index in [-0.39, 0.29) is 11.8 Å². The Morgan fingerprint density at radius 3 is 2.50 bits per heavy atom. The van der Waals surface area contributed by atoms with E-state index in [0.717, 1.165) is 23.4 Å². The van der Waals surface area contributed by atoms with Crippen molar-refractivity contribution in [3.8, 4) is 11.5 Å². The van der Waals surface area contributed by atoms with E-state index in [0.29, 0.717) is 36.8 Å². The molecule has 1 saturated heterocycles. The van der Waals surface area contributed by atoms with Crippen LogP contribution in [0.1, 0.15) is 48.5 Å². The third-order valence-electron chi connectivity index (χ3n) is 5.34. The Morgan fingerprint density at radius 2 is 1.87 bits per heavy atom. The van der Waals surface area contributed by atoms with Crippen LogP contribution < -0.4 is 14.4 Å². The van der Waals surface area contributed by atoms with E-state index in [1.807, 2.05) is 36.4 Å². The fraction of sp³-hybridized carbons (Fsp3) is 0.417. The van der Waals surface area contributed by atoms with Gasteiger partial charge in [0, 0.05) is 24.6 Å². The molecule has 160 valence electrons. The van der Waals surface area contributed by atoms with Crippen molar-refractivity contribution in [2.24, 2.45) is 5.92 Å². The molecule has 1 aliphatic rings. The highest BCUT2D eigenvalue weighted by Crippen LogP contribution is 2.35. The molecule has 1 aliphatic heterocycles. The first-order valence-corrected chi connectivity index (χ1v) is 10.2. The highest BCUT2D eigenvalue weighted by Gasteiger charge is 2.32. The van der Waals surface area contributed by atoms with E-state index in [4.69, 9.17) is 14.2 Å². The van der Waals surface area contributed by atoms with Crippen LogP contribution >= 0.6 is 0 Å². The van der Waals surface area contributed by atoms with Crippen LogP contribution in [0.2, 0.25) is 0 Å². The number of anilines is 1. The molecule has 1 heterocycles. The molecule has 30 heavy (non-hydrogen) atoms. The van der Waals surface area contributed by atoms with Gasteiger partial charge in [-0.25, -0.2) is 4.79 Å². The quantitative estimate of drug-likeness (QED) is 0.602. The molecule has 2 aromatic rings. The minimum absolute atomic E-state index is 0.0278. The number of carbonyl (C=O) groups excluding carboxylic acids is 2. The van der Waals surface area contributed by atoms with Gasteiger partial charge in [-0.05, 0) is 54.3 Å². The van der Waals surface area contributed by atoms with Crippen molar-refractivity contribution in [1.82, 2.24) is 0 Å². The summed E-state index contributed by atoms with van der Waals surface area (Å²) in [6.45, 7) is 5.60. The van der Waals surface area contributed by atoms with Crippen molar-refractivity contribution in [2.45, 2.75) is 32.6 Å². The molecule has 2 aromatic carbocycles. The van der Waals surface area contributed by atoms with Gasteiger partial charge in [-0.2, -0.15) is 0 Å². The van der Waals surface area contributed by atoms with Gasteiger partial charge in [0.15, 0.2) is 0 Å². The molecule has 0 aromatic heterocycles. The third-order valence-corrected chi connectivity index (χ3v) is 5.34. The monoisotopic (exact) mass is 411 g/mol. The Hall–Kier alpha value is -3.02. The standard InChI is InChI=1S/C24H29NO5/c1-16(2)11-12-30-20-8-6-19(7-9-20)25-15-18(14-23(25)26)17-5-10-21(24(27)29-4)22(13-17)28-3/h5-10,13,16,18H,11-12,14-15H2,1-4H3. The van der Waals surface area contributed by atoms with Crippen molar-refractivity contribution in [1.29, 1.82) is 0 Å². The lowest BCUT2D eigenvalue weighted by Gasteiger charge is -2.18. The lowest BCUT2D eigenvalue weighted by atomic mass is 9.96. The van der Waals surface area contributed by atoms with Crippen molar-refractivity contribution >= 4 is 17.6 Å². The first-order chi connectivity index (χ1) is 14.4. The van der Waals surface area contributed by atoms with Crippen LogP contribution in [0.5, 0.6) is 11.5 Å². The molecule has 0 bridgehead atoms. The number of rotatable bonds is 8. The molecule has 6 nitrogen and oxygen atoms in total. The number of amides is 1. The minimum Gasteiger partial charge on any atom is -0.496 e. The average Bonchev–Trinajstić information content (AvgIpc) is 3.14. The predicted molar refractivity (Wildman–Crippen MR) is 115 cm³/mol. The Bertz CT molecular complexity index is 891. The van der Waals surface area contributed by atoms with Crippen LogP contribution in [0.3, 0.4) is 0 Å². The number of hydrogen-bond donors (Lipinski definition) is 0. The fourth-order valence-corrected chi connectivity index (χ4v) is 3.56. The molecule has 3 rings (SSSR count). The Kier molecular flexibility index (Phi) is 6.98. The lowest BCUT2D eigenvalue weighted by Crippen LogP contribution is -2.24. The Balaban J connectivity index is 1.70. The summed E-state index contributed by atoms with van der Waals surface area (Å²) >= 11 is 0. The Morgan fingerprint density at radius 1 is 1.13 bits per heavy atom. The molecule has 0 aliphatic carbocycles. The van der Waals surface area contributed by atoms with Gasteiger partial charge in [0.1, 0.15) is 17.1 Å². The molecule has 6 heteroatoms. The van der Waals surface area contributed by atoms with Crippen molar-refractivity contribution < 1.29 is 23.8 Å². The van der Waals surface area contributed by atoms with E-state index in [1.54, 1.807) is 11.0 Å². The van der Waals surface area contributed by atoms with Crippen LogP contribution in [-0.4, -0.2) is 39.2 Å². The summed E-state index contributed by atoms with van der Waals surface area (Å²) in [5.41, 5.74) is 2.19. The van der Waals surface area contributed by atoms with Gasteiger partial charge in [-0.15, -0.1) is 0 Å². The highest BCUT2D eigenvalue weighted by atomic mass is 16.5. The van der Waals surface area contributed by atoms with E-state index < -0.39 is 5.97 Å². The van der Waals surface area contributed by atoms with Gasteiger partial charge >= 0.3 is 5.97 Å². The third kappa shape index (κ3) is 4.93. The maximum Gasteiger partial charge on any atom is 0.341 e. The van der Waals surface area contributed by atoms with Crippen molar-refractivity contribution in [3.05, 3.63) is 53.6 Å². The minimum atomic E-state index is -0.446. The summed E-state index contributed by atoms with van der Waals surface area (Å²) in [4.78, 5) is 26.3. The number of methoxy groups -OCH3 is 2. The summed E-state index contributed by atoms with van der Waals surface area (Å²) in [5.74, 6) is 1.52. The van der Waals surface area contributed by atoms with E-state index in [1.165, 1.54) is 14.2 Å². The van der Waals surface area contributed by atoms with Crippen LogP contribution in [0, 0.1) is 5.92 Å². The van der Waals surface area contributed by atoms with Gasteiger partial charge in [0.05, 0.1) is 20.8 Å². The van der Waals surface area contributed by atoms with Crippen LogP contribution in [0.15, 0.2) is 42.5 Å². The number of ether oxygens (including phenoxy) is 3. The molecule has 0 radical (unpaired) electrons. The molecule has 1 amide bonds. The first kappa shape index (κ1) is 21.7. The molecule has 0 saturated carbocycles. The SMILES string of the molecule is COC(=O)c1ccc(C2CC(=O)N(c3ccc(OCCC(C)C)cc3)C2)cc1OC. The van der Waals surface area contributed by atoms with Crippen LogP contribution in [0.4, 0.5) is 5.69 Å². The predicted octanol–water partition coefficient (Wildman–Crippen LogP) is 4.43. The van der Waals surface area contributed by atoms with E-state index >= 15 is 0 Å². The molecule has 1 atom stereocenters. The average molecular weight is 411 g/mol. The number of nitrogens with zero attached hydrogens (tertiary/aromatic N) is 1. The topological polar surface area (TPSA) is 65.1 Å². The van der Waals surface area contributed by atoms with Gasteiger partial charge in [-0.1, -0.05) is 19.9 Å². The maximum absolute atomic E-state index is 12.7. The molecule has 1 fully saturated rings. The molecule has 1 unspecified atom stereocenters. The molecular formula is C24H29NO5. The van der Waals surface area contributed by atoms with Gasteiger partial charge in [0.25, 0.3) is 0 Å². The number of hydrogen-bond acceptors (Lipinski definition) is 5. The number of esters is 1. The second-order valence-electron chi connectivity index (χ2n) is 7.88. The second kappa shape index (κ2) is 9.65. The second-order valence-corrected chi connectivity index (χ2v) is 7.88. The zero-order valence-corrected chi connectivity index (χ0v) is 18.0. The summed E-state index contributed by atoms with van der Waals surface area (Å²) in [5, 5.41) is 0. The highest BCUT2D eigenvalue weighted by molar-refractivity contribution is 5.97. The fourth-order valence-electron chi connectivity index (χ4n) is 3.56. The lowest BCUT2D eigenvalue weighted by molar-refractivity contribution is -0.117. The van der Waals surface area contributed by atoms with Crippen LogP contribution in [-0.2, 0) is 9.53 Å². The summed E-state index contributed by atoms with van der Waals surface area (Å²) < 4.78 is 15.9. The maximum atomic E-state index is 12.7. The first-order valence-electron chi connectivity index (χ1n) is 10.2. The normalized spacial score (nSPS) is 16.1. The molecule has 0 spiro atoms. The largest absolute Gasteiger partial charge is 0.496 e. The molecular weight excluding hydrogens is 382 g/mol. The summed E-state index contributed by atoms with van der Waals surface area (Å²) in [6.07, 6.45) is 1.42. The van der Waals surface area contributed by atoms with Gasteiger partial charge < -0.3 is 19.1 Å². The summed E-state index contributed by atoms with van der Waals surface area (Å²) in [6, 6.07) is 13.0. The van der Waals surface area contributed by atoms with Gasteiger partial charge in [0.2, 0.25) is 5.91 Å². The number of carbonyl (C=O) groups is 2. The zero-order valence-electron chi connectivity index (χ0n) is 18.0. The Labute approximate surface area is 177 Å². The molecule has 0 N–H and O–H groups in total. The van der Waals surface area contributed by atoms with Crippen molar-refractivity contribution in [3.63, 3.8) is 0 Å². The smallest absolute Gasteiger partial charge is 0.341 e. The van der Waals surface area contributed by atoms with E-state index in [2.05, 4.69) is 13.8 Å². The zero-order chi connectivity index (χ0) is 21.7. The van der Waals surface area contributed by atoms with E-state index in [9.17, 15) is 9.59 Å².